The topological polar surface area (TPSA) is 59.6 Å². The van der Waals surface area contributed by atoms with Crippen molar-refractivity contribution in [3.8, 4) is 0 Å². The Morgan fingerprint density at radius 2 is 2.19 bits per heavy atom. The maximum absolute atomic E-state index is 6.33. The van der Waals surface area contributed by atoms with Crippen molar-refractivity contribution in [3.05, 3.63) is 48.3 Å². The molecule has 0 saturated carbocycles. The summed E-state index contributed by atoms with van der Waals surface area (Å²) in [5.74, 6) is 0. The van der Waals surface area contributed by atoms with Gasteiger partial charge in [-0.3, -0.25) is 4.68 Å². The van der Waals surface area contributed by atoms with E-state index >= 15 is 0 Å². The van der Waals surface area contributed by atoms with E-state index in [0.717, 1.165) is 17.0 Å². The van der Waals surface area contributed by atoms with Crippen molar-refractivity contribution >= 4 is 22.7 Å². The van der Waals surface area contributed by atoms with Crippen molar-refractivity contribution in [2.75, 3.05) is 0 Å². The van der Waals surface area contributed by atoms with E-state index in [9.17, 15) is 0 Å². The van der Waals surface area contributed by atoms with Crippen molar-refractivity contribution in [1.29, 1.82) is 0 Å². The number of hydrogen-bond donors (Lipinski definition) is 2. The Bertz CT molecular complexity index is 698. The molecule has 3 N–H and O–H groups in total. The Morgan fingerprint density at radius 1 is 1.38 bits per heavy atom. The lowest BCUT2D eigenvalue weighted by Gasteiger charge is -2.20. The van der Waals surface area contributed by atoms with Crippen LogP contribution in [-0.4, -0.2) is 20.8 Å². The summed E-state index contributed by atoms with van der Waals surface area (Å²) in [6, 6.07) is 10.6. The molecule has 3 rings (SSSR count). The summed E-state index contributed by atoms with van der Waals surface area (Å²) in [5, 5.41) is 6.86. The van der Waals surface area contributed by atoms with Gasteiger partial charge in [0.1, 0.15) is 0 Å². The lowest BCUT2D eigenvalue weighted by atomic mass is 10.1. The largest absolute Gasteiger partial charge is 0.350 e. The van der Waals surface area contributed by atoms with E-state index in [4.69, 9.17) is 5.73 Å². The zero-order valence-corrected chi connectivity index (χ0v) is 13.1. The predicted octanol–water partition coefficient (Wildman–Crippen LogP) is 3.47. The van der Waals surface area contributed by atoms with Crippen molar-refractivity contribution in [1.82, 2.24) is 14.8 Å². The minimum absolute atomic E-state index is 0.102. The number of rotatable bonds is 5. The van der Waals surface area contributed by atoms with Crippen LogP contribution in [0.15, 0.2) is 47.8 Å². The van der Waals surface area contributed by atoms with Gasteiger partial charge in [0, 0.05) is 35.8 Å². The molecule has 110 valence electrons. The van der Waals surface area contributed by atoms with Gasteiger partial charge in [-0.2, -0.15) is 5.10 Å². The molecule has 0 radical (unpaired) electrons. The first-order chi connectivity index (χ1) is 10.2. The zero-order valence-electron chi connectivity index (χ0n) is 12.3. The van der Waals surface area contributed by atoms with Crippen LogP contribution in [0.25, 0.3) is 10.9 Å². The summed E-state index contributed by atoms with van der Waals surface area (Å²) in [6.07, 6.45) is 4.90. The second kappa shape index (κ2) is 5.95. The third kappa shape index (κ3) is 2.99. The second-order valence-electron chi connectivity index (χ2n) is 5.28. The Labute approximate surface area is 128 Å². The molecule has 0 aliphatic carbocycles. The number of aromatic nitrogens is 3. The summed E-state index contributed by atoms with van der Waals surface area (Å²) >= 11 is 1.78. The van der Waals surface area contributed by atoms with E-state index in [1.165, 1.54) is 10.9 Å². The lowest BCUT2D eigenvalue weighted by Crippen LogP contribution is -2.25. The quantitative estimate of drug-likeness (QED) is 0.709. The van der Waals surface area contributed by atoms with Gasteiger partial charge in [-0.25, -0.2) is 0 Å². The highest BCUT2D eigenvalue weighted by Gasteiger charge is 2.22. The number of nitrogens with zero attached hydrogens (tertiary/aromatic N) is 2. The van der Waals surface area contributed by atoms with Crippen LogP contribution >= 0.6 is 11.8 Å². The van der Waals surface area contributed by atoms with Crippen LogP contribution in [-0.2, 0) is 7.05 Å². The number of fused-ring (bicyclic) bond motifs is 1. The molecule has 1 aromatic carbocycles. The fraction of sp³-hybridized carbons (Fsp3) is 0.312. The third-order valence-corrected chi connectivity index (χ3v) is 5.02. The van der Waals surface area contributed by atoms with E-state index in [0.29, 0.717) is 0 Å². The molecule has 0 amide bonds. The number of para-hydroxylation sites is 1. The molecule has 2 atom stereocenters. The molecule has 4 nitrogen and oxygen atoms in total. The number of H-pyrrole nitrogens is 1. The Balaban J connectivity index is 1.90. The van der Waals surface area contributed by atoms with Gasteiger partial charge in [0.15, 0.2) is 0 Å². The second-order valence-corrected chi connectivity index (χ2v) is 6.46. The normalized spacial score (nSPS) is 14.4. The smallest absolute Gasteiger partial charge is 0.0739 e. The highest BCUT2D eigenvalue weighted by molar-refractivity contribution is 7.99. The molecule has 5 heteroatoms. The molecule has 0 aliphatic heterocycles. The van der Waals surface area contributed by atoms with E-state index in [2.05, 4.69) is 47.5 Å². The molecule has 0 fully saturated rings. The van der Waals surface area contributed by atoms with Crippen molar-refractivity contribution in [2.45, 2.75) is 29.7 Å². The average molecular weight is 300 g/mol. The van der Waals surface area contributed by atoms with E-state index < -0.39 is 0 Å². The Hall–Kier alpha value is -1.72. The van der Waals surface area contributed by atoms with Gasteiger partial charge in [0.25, 0.3) is 0 Å². The average Bonchev–Trinajstić information content (AvgIpc) is 3.09. The summed E-state index contributed by atoms with van der Waals surface area (Å²) < 4.78 is 1.83. The molecular weight excluding hydrogens is 280 g/mol. The number of hydrogen-bond acceptors (Lipinski definition) is 3. The molecule has 21 heavy (non-hydrogen) atoms. The first-order valence-electron chi connectivity index (χ1n) is 7.16. The van der Waals surface area contributed by atoms with Crippen LogP contribution in [0.5, 0.6) is 0 Å². The van der Waals surface area contributed by atoms with Crippen LogP contribution < -0.4 is 5.73 Å². The standard InChI is InChI=1S/C16H20N4S/c1-3-13(17)16(12-9-18-20(2)10-12)21-15-8-11-6-4-5-7-14(11)19-15/h4-10,13,16,19H,3,17H2,1-2H3. The third-order valence-electron chi connectivity index (χ3n) is 3.67. The summed E-state index contributed by atoms with van der Waals surface area (Å²) in [7, 11) is 1.94. The molecule has 2 heterocycles. The molecule has 2 unspecified atom stereocenters. The Kier molecular flexibility index (Phi) is 4.03. The summed E-state index contributed by atoms with van der Waals surface area (Å²) in [6.45, 7) is 2.12. The van der Waals surface area contributed by atoms with Crippen molar-refractivity contribution in [3.63, 3.8) is 0 Å². The molecular formula is C16H20N4S. The zero-order chi connectivity index (χ0) is 14.8. The molecule has 0 bridgehead atoms. The fourth-order valence-electron chi connectivity index (χ4n) is 2.45. The summed E-state index contributed by atoms with van der Waals surface area (Å²) in [5.41, 5.74) is 8.67. The van der Waals surface area contributed by atoms with Gasteiger partial charge in [0.05, 0.1) is 16.5 Å². The molecule has 0 saturated heterocycles. The number of nitrogens with two attached hydrogens (primary N) is 1. The molecule has 0 spiro atoms. The highest BCUT2D eigenvalue weighted by atomic mass is 32.2. The highest BCUT2D eigenvalue weighted by Crippen LogP contribution is 2.38. The number of nitrogens with one attached hydrogen (secondary N) is 1. The van der Waals surface area contributed by atoms with E-state index in [1.807, 2.05) is 24.0 Å². The number of aromatic amines is 1. The van der Waals surface area contributed by atoms with Gasteiger partial charge in [0.2, 0.25) is 0 Å². The monoisotopic (exact) mass is 300 g/mol. The number of thioether (sulfide) groups is 1. The fourth-order valence-corrected chi connectivity index (χ4v) is 3.71. The first kappa shape index (κ1) is 14.2. The van der Waals surface area contributed by atoms with Gasteiger partial charge in [-0.15, -0.1) is 0 Å². The van der Waals surface area contributed by atoms with Crippen LogP contribution in [0.4, 0.5) is 0 Å². The minimum Gasteiger partial charge on any atom is -0.350 e. The molecule has 3 aromatic rings. The minimum atomic E-state index is 0.102. The summed E-state index contributed by atoms with van der Waals surface area (Å²) in [4.78, 5) is 3.46. The first-order valence-corrected chi connectivity index (χ1v) is 8.04. The maximum atomic E-state index is 6.33. The van der Waals surface area contributed by atoms with Gasteiger partial charge < -0.3 is 10.7 Å². The van der Waals surface area contributed by atoms with Crippen LogP contribution in [0.1, 0.15) is 24.2 Å². The number of aryl methyl sites for hydroxylation is 1. The predicted molar refractivity (Wildman–Crippen MR) is 88.4 cm³/mol. The van der Waals surface area contributed by atoms with E-state index in [1.54, 1.807) is 11.8 Å². The number of benzene rings is 1. The molecule has 0 aliphatic rings. The van der Waals surface area contributed by atoms with Gasteiger partial charge >= 0.3 is 0 Å². The van der Waals surface area contributed by atoms with Gasteiger partial charge in [-0.05, 0) is 18.6 Å². The van der Waals surface area contributed by atoms with Crippen LogP contribution in [0, 0.1) is 0 Å². The lowest BCUT2D eigenvalue weighted by molar-refractivity contribution is 0.633. The van der Waals surface area contributed by atoms with Crippen molar-refractivity contribution < 1.29 is 0 Å². The Morgan fingerprint density at radius 3 is 2.86 bits per heavy atom. The van der Waals surface area contributed by atoms with Crippen molar-refractivity contribution in [2.24, 2.45) is 12.8 Å². The van der Waals surface area contributed by atoms with E-state index in [-0.39, 0.29) is 11.3 Å². The van der Waals surface area contributed by atoms with Crippen LogP contribution in [0.2, 0.25) is 0 Å². The van der Waals surface area contributed by atoms with Gasteiger partial charge in [-0.1, -0.05) is 36.9 Å². The molecule has 2 aromatic heterocycles. The maximum Gasteiger partial charge on any atom is 0.0739 e. The SMILES string of the molecule is CCC(N)C(Sc1cc2ccccc2[nH]1)c1cnn(C)c1. The van der Waals surface area contributed by atoms with Crippen LogP contribution in [0.3, 0.4) is 0 Å².